The Hall–Kier alpha value is -1.78. The number of hydrogen-bond acceptors (Lipinski definition) is 3. The zero-order valence-electron chi connectivity index (χ0n) is 13.6. The molecule has 0 bridgehead atoms. The fourth-order valence-electron chi connectivity index (χ4n) is 2.04. The minimum atomic E-state index is -0.567. The van der Waals surface area contributed by atoms with Crippen LogP contribution in [-0.4, -0.2) is 33.8 Å². The number of nitrogens with zero attached hydrogens (tertiary/aromatic N) is 4. The van der Waals surface area contributed by atoms with Crippen molar-refractivity contribution in [2.24, 2.45) is 12.0 Å². The molecule has 1 aromatic carbocycles. The highest BCUT2D eigenvalue weighted by Gasteiger charge is 2.03. The number of aliphatic imine (C=N–C) groups is 1. The number of nitrogens with one attached hydrogen (secondary N) is 2. The van der Waals surface area contributed by atoms with Crippen LogP contribution < -0.4 is 10.6 Å². The van der Waals surface area contributed by atoms with Gasteiger partial charge >= 0.3 is 0 Å². The topological polar surface area (TPSA) is 67.1 Å². The number of aryl methyl sites for hydroxylation is 1. The zero-order valence-corrected chi connectivity index (χ0v) is 15.9. The van der Waals surface area contributed by atoms with Gasteiger partial charge in [-0.1, -0.05) is 0 Å². The van der Waals surface area contributed by atoms with Gasteiger partial charge in [0.1, 0.15) is 30.3 Å². The second kappa shape index (κ2) is 10.2. The third-order valence-corrected chi connectivity index (χ3v) is 3.16. The maximum atomic E-state index is 13.1. The second-order valence-corrected chi connectivity index (χ2v) is 4.95. The van der Waals surface area contributed by atoms with E-state index in [9.17, 15) is 8.78 Å². The summed E-state index contributed by atoms with van der Waals surface area (Å²) in [6, 6.07) is 3.52. The molecule has 1 heterocycles. The van der Waals surface area contributed by atoms with E-state index in [2.05, 4.69) is 25.7 Å². The summed E-state index contributed by atoms with van der Waals surface area (Å²) in [7, 11) is 1.80. The van der Waals surface area contributed by atoms with E-state index in [-0.39, 0.29) is 24.0 Å². The number of benzene rings is 1. The maximum absolute atomic E-state index is 13.1. The molecular weight excluding hydrogens is 429 g/mol. The van der Waals surface area contributed by atoms with Gasteiger partial charge in [-0.2, -0.15) is 5.10 Å². The van der Waals surface area contributed by atoms with Crippen molar-refractivity contribution in [3.8, 4) is 0 Å². The minimum absolute atomic E-state index is 0. The van der Waals surface area contributed by atoms with Crippen LogP contribution in [0.3, 0.4) is 0 Å². The molecule has 2 N–H and O–H groups in total. The first-order chi connectivity index (χ1) is 11.1. The van der Waals surface area contributed by atoms with Gasteiger partial charge in [0.05, 0.1) is 0 Å². The highest BCUT2D eigenvalue weighted by Crippen LogP contribution is 2.08. The lowest BCUT2D eigenvalue weighted by Gasteiger charge is -2.11. The van der Waals surface area contributed by atoms with E-state index in [1.165, 1.54) is 18.5 Å². The van der Waals surface area contributed by atoms with Crippen molar-refractivity contribution in [2.45, 2.75) is 19.9 Å². The molecule has 0 saturated carbocycles. The van der Waals surface area contributed by atoms with Crippen molar-refractivity contribution >= 4 is 29.9 Å². The minimum Gasteiger partial charge on any atom is -0.357 e. The van der Waals surface area contributed by atoms with Gasteiger partial charge in [-0.25, -0.2) is 18.8 Å². The summed E-state index contributed by atoms with van der Waals surface area (Å²) in [5.41, 5.74) is 0.596. The van der Waals surface area contributed by atoms with Crippen LogP contribution in [0.5, 0.6) is 0 Å². The fourth-order valence-corrected chi connectivity index (χ4v) is 2.04. The zero-order chi connectivity index (χ0) is 16.7. The Labute approximate surface area is 156 Å². The van der Waals surface area contributed by atoms with E-state index in [1.807, 2.05) is 6.92 Å². The van der Waals surface area contributed by atoms with Crippen LogP contribution in [0.15, 0.2) is 29.5 Å². The van der Waals surface area contributed by atoms with Gasteiger partial charge in [0.25, 0.3) is 0 Å². The average molecular weight is 450 g/mol. The molecule has 0 fully saturated rings. The lowest BCUT2D eigenvalue weighted by molar-refractivity contribution is 0.579. The van der Waals surface area contributed by atoms with Crippen LogP contribution in [0.25, 0.3) is 0 Å². The Morgan fingerprint density at radius 3 is 2.50 bits per heavy atom. The van der Waals surface area contributed by atoms with Gasteiger partial charge in [0, 0.05) is 26.2 Å². The molecule has 0 aliphatic heterocycles. The summed E-state index contributed by atoms with van der Waals surface area (Å²) < 4.78 is 27.9. The quantitative estimate of drug-likeness (QED) is 0.402. The Morgan fingerprint density at radius 2 is 1.92 bits per heavy atom. The molecule has 9 heteroatoms. The smallest absolute Gasteiger partial charge is 0.191 e. The molecule has 0 saturated heterocycles. The van der Waals surface area contributed by atoms with Crippen LogP contribution in [0.2, 0.25) is 0 Å². The average Bonchev–Trinajstić information content (AvgIpc) is 2.89. The number of halogens is 3. The second-order valence-electron chi connectivity index (χ2n) is 4.95. The molecule has 2 rings (SSSR count). The van der Waals surface area contributed by atoms with Gasteiger partial charge in [-0.05, 0) is 31.0 Å². The molecule has 0 unspecified atom stereocenters. The normalized spacial score (nSPS) is 11.1. The van der Waals surface area contributed by atoms with Crippen molar-refractivity contribution in [3.63, 3.8) is 0 Å². The monoisotopic (exact) mass is 450 g/mol. The SMILES string of the molecule is CCNC(=NCc1ncnn1C)NCCc1cc(F)cc(F)c1.I. The highest BCUT2D eigenvalue weighted by molar-refractivity contribution is 14.0. The Kier molecular flexibility index (Phi) is 8.58. The van der Waals surface area contributed by atoms with E-state index >= 15 is 0 Å². The largest absolute Gasteiger partial charge is 0.357 e. The van der Waals surface area contributed by atoms with Crippen LogP contribution >= 0.6 is 24.0 Å². The molecule has 24 heavy (non-hydrogen) atoms. The summed E-state index contributed by atoms with van der Waals surface area (Å²) in [4.78, 5) is 8.51. The standard InChI is InChI=1S/C15H20F2N6.HI/c1-3-18-15(20-9-14-21-10-22-23(14)2)19-5-4-11-6-12(16)8-13(17)7-11;/h6-8,10H,3-5,9H2,1-2H3,(H2,18,19,20);1H. The molecule has 0 aliphatic carbocycles. The van der Waals surface area contributed by atoms with E-state index in [0.29, 0.717) is 37.6 Å². The van der Waals surface area contributed by atoms with Crippen LogP contribution in [0.4, 0.5) is 8.78 Å². The van der Waals surface area contributed by atoms with Crippen LogP contribution in [-0.2, 0) is 20.0 Å². The fraction of sp³-hybridized carbons (Fsp3) is 0.400. The molecule has 0 atom stereocenters. The third kappa shape index (κ3) is 6.38. The molecule has 6 nitrogen and oxygen atoms in total. The van der Waals surface area contributed by atoms with Gasteiger partial charge in [-0.3, -0.25) is 4.68 Å². The predicted molar refractivity (Wildman–Crippen MR) is 99.3 cm³/mol. The highest BCUT2D eigenvalue weighted by atomic mass is 127. The summed E-state index contributed by atoms with van der Waals surface area (Å²) in [6.45, 7) is 3.56. The molecule has 2 aromatic rings. The number of aromatic nitrogens is 3. The van der Waals surface area contributed by atoms with Crippen molar-refractivity contribution in [3.05, 3.63) is 47.5 Å². The number of guanidine groups is 1. The molecule has 0 amide bonds. The summed E-state index contributed by atoms with van der Waals surface area (Å²) in [5, 5.41) is 10.2. The van der Waals surface area contributed by atoms with E-state index in [1.54, 1.807) is 11.7 Å². The van der Waals surface area contributed by atoms with Crippen molar-refractivity contribution in [1.82, 2.24) is 25.4 Å². The van der Waals surface area contributed by atoms with Crippen molar-refractivity contribution in [2.75, 3.05) is 13.1 Å². The van der Waals surface area contributed by atoms with Crippen molar-refractivity contribution in [1.29, 1.82) is 0 Å². The van der Waals surface area contributed by atoms with Gasteiger partial charge in [-0.15, -0.1) is 24.0 Å². The molecule has 0 spiro atoms. The molecule has 1 aromatic heterocycles. The first-order valence-corrected chi connectivity index (χ1v) is 7.38. The van der Waals surface area contributed by atoms with Gasteiger partial charge < -0.3 is 10.6 Å². The van der Waals surface area contributed by atoms with E-state index in [0.717, 1.165) is 11.9 Å². The molecule has 0 radical (unpaired) electrons. The Morgan fingerprint density at radius 1 is 1.21 bits per heavy atom. The van der Waals surface area contributed by atoms with Gasteiger partial charge in [0.2, 0.25) is 0 Å². The first kappa shape index (κ1) is 20.3. The van der Waals surface area contributed by atoms with Crippen LogP contribution in [0.1, 0.15) is 18.3 Å². The maximum Gasteiger partial charge on any atom is 0.191 e. The predicted octanol–water partition coefficient (Wildman–Crippen LogP) is 2.01. The summed E-state index contributed by atoms with van der Waals surface area (Å²) in [6.07, 6.45) is 1.97. The van der Waals surface area contributed by atoms with Gasteiger partial charge in [0.15, 0.2) is 5.96 Å². The summed E-state index contributed by atoms with van der Waals surface area (Å²) >= 11 is 0. The van der Waals surface area contributed by atoms with Crippen molar-refractivity contribution < 1.29 is 8.78 Å². The van der Waals surface area contributed by atoms with E-state index in [4.69, 9.17) is 0 Å². The third-order valence-electron chi connectivity index (χ3n) is 3.16. The Bertz CT molecular complexity index is 653. The summed E-state index contributed by atoms with van der Waals surface area (Å²) in [5.74, 6) is 0.229. The lowest BCUT2D eigenvalue weighted by atomic mass is 10.1. The molecule has 0 aliphatic rings. The van der Waals surface area contributed by atoms with E-state index < -0.39 is 11.6 Å². The molecular formula is C15H21F2IN6. The van der Waals surface area contributed by atoms with Crippen LogP contribution in [0, 0.1) is 11.6 Å². The Balaban J connectivity index is 0.00000288. The number of rotatable bonds is 6. The molecule has 132 valence electrons. The number of hydrogen-bond donors (Lipinski definition) is 2. The lowest BCUT2D eigenvalue weighted by Crippen LogP contribution is -2.38. The first-order valence-electron chi connectivity index (χ1n) is 7.38.